The summed E-state index contributed by atoms with van der Waals surface area (Å²) in [6.45, 7) is 11.6. The van der Waals surface area contributed by atoms with Crippen LogP contribution < -0.4 is 10.2 Å². The maximum absolute atomic E-state index is 12.2. The number of hydrogen-bond donors (Lipinski definition) is 1. The van der Waals surface area contributed by atoms with Crippen molar-refractivity contribution in [1.82, 2.24) is 10.3 Å². The molecule has 0 saturated heterocycles. The van der Waals surface area contributed by atoms with E-state index < -0.39 is 11.7 Å². The van der Waals surface area contributed by atoms with E-state index in [1.54, 1.807) is 11.3 Å². The largest absolute Gasteiger partial charge is 0.444 e. The Morgan fingerprint density at radius 1 is 1.11 bits per heavy atom. The summed E-state index contributed by atoms with van der Waals surface area (Å²) in [7, 11) is 0. The fourth-order valence-electron chi connectivity index (χ4n) is 3.51. The van der Waals surface area contributed by atoms with E-state index >= 15 is 0 Å². The summed E-state index contributed by atoms with van der Waals surface area (Å²) in [5.41, 5.74) is 2.50. The number of nitrogens with zero attached hydrogens (tertiary/aromatic N) is 2. The van der Waals surface area contributed by atoms with Gasteiger partial charge in [-0.1, -0.05) is 73.4 Å². The SMILES string of the molecule is CC(C)Cc1sc(N(CCNC(=O)OC(C)(C)C)Cc2ccccc2)nc1-c1ccc(Cl)c(Cl)c1. The molecule has 0 atom stereocenters. The summed E-state index contributed by atoms with van der Waals surface area (Å²) in [4.78, 5) is 20.6. The monoisotopic (exact) mass is 533 g/mol. The number of thiazole rings is 1. The molecule has 3 aromatic rings. The van der Waals surface area contributed by atoms with Crippen molar-refractivity contribution in [2.24, 2.45) is 5.92 Å². The predicted octanol–water partition coefficient (Wildman–Crippen LogP) is 7.85. The van der Waals surface area contributed by atoms with Gasteiger partial charge < -0.3 is 15.0 Å². The summed E-state index contributed by atoms with van der Waals surface area (Å²) in [5, 5.41) is 4.80. The van der Waals surface area contributed by atoms with Crippen LogP contribution in [0.5, 0.6) is 0 Å². The predicted molar refractivity (Wildman–Crippen MR) is 148 cm³/mol. The third kappa shape index (κ3) is 8.41. The number of rotatable bonds is 9. The summed E-state index contributed by atoms with van der Waals surface area (Å²) < 4.78 is 5.38. The average Bonchev–Trinajstić information content (AvgIpc) is 3.17. The number of carbonyl (C=O) groups excluding carboxylic acids is 1. The summed E-state index contributed by atoms with van der Waals surface area (Å²) in [6.07, 6.45) is 0.482. The van der Waals surface area contributed by atoms with Gasteiger partial charge in [0.15, 0.2) is 5.13 Å². The number of anilines is 1. The highest BCUT2D eigenvalue weighted by molar-refractivity contribution is 7.16. The van der Waals surface area contributed by atoms with Crippen molar-refractivity contribution in [3.8, 4) is 11.3 Å². The molecule has 188 valence electrons. The second-order valence-electron chi connectivity index (χ2n) is 9.83. The minimum absolute atomic E-state index is 0.423. The average molecular weight is 535 g/mol. The van der Waals surface area contributed by atoms with E-state index in [2.05, 4.69) is 36.2 Å². The summed E-state index contributed by atoms with van der Waals surface area (Å²) in [6, 6.07) is 15.9. The Labute approximate surface area is 222 Å². The molecule has 1 aromatic heterocycles. The Balaban J connectivity index is 1.89. The smallest absolute Gasteiger partial charge is 0.407 e. The van der Waals surface area contributed by atoms with Gasteiger partial charge in [0.05, 0.1) is 15.7 Å². The molecule has 0 spiro atoms. The second-order valence-corrected chi connectivity index (χ2v) is 11.7. The molecule has 0 aliphatic rings. The zero-order valence-corrected chi connectivity index (χ0v) is 23.2. The van der Waals surface area contributed by atoms with Crippen molar-refractivity contribution in [2.45, 2.75) is 53.2 Å². The molecule has 35 heavy (non-hydrogen) atoms. The minimum Gasteiger partial charge on any atom is -0.444 e. The van der Waals surface area contributed by atoms with E-state index in [0.29, 0.717) is 35.6 Å². The zero-order chi connectivity index (χ0) is 25.6. The molecule has 0 aliphatic carbocycles. The van der Waals surface area contributed by atoms with Gasteiger partial charge >= 0.3 is 6.09 Å². The Bertz CT molecular complexity index is 1130. The third-order valence-electron chi connectivity index (χ3n) is 5.01. The number of benzene rings is 2. The number of hydrogen-bond acceptors (Lipinski definition) is 5. The number of nitrogens with one attached hydrogen (secondary N) is 1. The van der Waals surface area contributed by atoms with Crippen molar-refractivity contribution in [1.29, 1.82) is 0 Å². The van der Waals surface area contributed by atoms with Gasteiger partial charge in [-0.3, -0.25) is 0 Å². The molecule has 3 rings (SSSR count). The van der Waals surface area contributed by atoms with Crippen LogP contribution in [0.1, 0.15) is 45.1 Å². The van der Waals surface area contributed by atoms with Crippen molar-refractivity contribution in [3.63, 3.8) is 0 Å². The van der Waals surface area contributed by atoms with Crippen molar-refractivity contribution >= 4 is 45.8 Å². The van der Waals surface area contributed by atoms with Gasteiger partial charge in [-0.15, -0.1) is 11.3 Å². The standard InChI is InChI=1S/C27H33Cl2N3O2S/c1-18(2)15-23-24(20-11-12-21(28)22(29)16-20)31-25(35-23)32(17-19-9-7-6-8-10-19)14-13-30-26(33)34-27(3,4)5/h6-12,16,18H,13-15,17H2,1-5H3,(H,30,33). The highest BCUT2D eigenvalue weighted by Gasteiger charge is 2.20. The molecular formula is C27H33Cl2N3O2S. The fourth-order valence-corrected chi connectivity index (χ4v) is 5.12. The molecule has 0 bridgehead atoms. The van der Waals surface area contributed by atoms with E-state index in [1.165, 1.54) is 10.4 Å². The minimum atomic E-state index is -0.538. The van der Waals surface area contributed by atoms with Gasteiger partial charge in [-0.05, 0) is 50.8 Å². The number of carbonyl (C=O) groups is 1. The first-order chi connectivity index (χ1) is 16.5. The molecule has 0 unspecified atom stereocenters. The molecule has 0 saturated carbocycles. The number of amides is 1. The number of halogens is 2. The van der Waals surface area contributed by atoms with Crippen LogP contribution in [0.25, 0.3) is 11.3 Å². The maximum Gasteiger partial charge on any atom is 0.407 e. The molecular weight excluding hydrogens is 501 g/mol. The summed E-state index contributed by atoms with van der Waals surface area (Å²) >= 11 is 14.2. The number of alkyl carbamates (subject to hydrolysis) is 1. The Kier molecular flexibility index (Phi) is 9.45. The van der Waals surface area contributed by atoms with Crippen molar-refractivity contribution < 1.29 is 9.53 Å². The van der Waals surface area contributed by atoms with Gasteiger partial charge in [-0.2, -0.15) is 0 Å². The maximum atomic E-state index is 12.2. The lowest BCUT2D eigenvalue weighted by Gasteiger charge is -2.23. The van der Waals surface area contributed by atoms with Gasteiger partial charge in [0, 0.05) is 30.1 Å². The van der Waals surface area contributed by atoms with Gasteiger partial charge in [0.2, 0.25) is 0 Å². The van der Waals surface area contributed by atoms with Crippen LogP contribution in [0.15, 0.2) is 48.5 Å². The summed E-state index contributed by atoms with van der Waals surface area (Å²) in [5.74, 6) is 0.473. The first kappa shape index (κ1) is 27.3. The van der Waals surface area contributed by atoms with Crippen LogP contribution in [0, 0.1) is 5.92 Å². The van der Waals surface area contributed by atoms with Crippen LogP contribution in [0.3, 0.4) is 0 Å². The van der Waals surface area contributed by atoms with E-state index in [-0.39, 0.29) is 0 Å². The lowest BCUT2D eigenvalue weighted by Crippen LogP contribution is -2.38. The lowest BCUT2D eigenvalue weighted by atomic mass is 10.0. The molecule has 8 heteroatoms. The first-order valence-corrected chi connectivity index (χ1v) is 13.3. The molecule has 1 N–H and O–H groups in total. The molecule has 2 aromatic carbocycles. The third-order valence-corrected chi connectivity index (χ3v) is 6.89. The van der Waals surface area contributed by atoms with Crippen LogP contribution >= 0.6 is 34.5 Å². The Hall–Kier alpha value is -2.28. The Morgan fingerprint density at radius 3 is 2.46 bits per heavy atom. The molecule has 1 amide bonds. The fraction of sp³-hybridized carbons (Fsp3) is 0.407. The van der Waals surface area contributed by atoms with E-state index in [9.17, 15) is 4.79 Å². The van der Waals surface area contributed by atoms with E-state index in [0.717, 1.165) is 22.8 Å². The van der Waals surface area contributed by atoms with E-state index in [4.69, 9.17) is 32.9 Å². The second kappa shape index (κ2) is 12.1. The van der Waals surface area contributed by atoms with E-state index in [1.807, 2.05) is 57.2 Å². The van der Waals surface area contributed by atoms with Crippen molar-refractivity contribution in [2.75, 3.05) is 18.0 Å². The first-order valence-electron chi connectivity index (χ1n) is 11.7. The highest BCUT2D eigenvalue weighted by atomic mass is 35.5. The van der Waals surface area contributed by atoms with Gasteiger partial charge in [-0.25, -0.2) is 9.78 Å². The number of ether oxygens (including phenoxy) is 1. The molecule has 0 radical (unpaired) electrons. The zero-order valence-electron chi connectivity index (χ0n) is 20.9. The lowest BCUT2D eigenvalue weighted by molar-refractivity contribution is 0.0529. The Morgan fingerprint density at radius 2 is 1.83 bits per heavy atom. The molecule has 5 nitrogen and oxygen atoms in total. The number of aromatic nitrogens is 1. The van der Waals surface area contributed by atoms with Crippen LogP contribution in [-0.2, 0) is 17.7 Å². The van der Waals surface area contributed by atoms with Crippen LogP contribution in [0.4, 0.5) is 9.93 Å². The van der Waals surface area contributed by atoms with Crippen LogP contribution in [0.2, 0.25) is 10.0 Å². The van der Waals surface area contributed by atoms with Crippen LogP contribution in [-0.4, -0.2) is 29.8 Å². The normalized spacial score (nSPS) is 11.5. The highest BCUT2D eigenvalue weighted by Crippen LogP contribution is 2.37. The molecule has 0 fully saturated rings. The van der Waals surface area contributed by atoms with Gasteiger partial charge in [0.25, 0.3) is 0 Å². The molecule has 0 aliphatic heterocycles. The molecule has 1 heterocycles. The topological polar surface area (TPSA) is 54.5 Å². The van der Waals surface area contributed by atoms with Crippen molar-refractivity contribution in [3.05, 3.63) is 69.0 Å². The quantitative estimate of drug-likeness (QED) is 0.304. The van der Waals surface area contributed by atoms with Gasteiger partial charge in [0.1, 0.15) is 5.60 Å².